The highest BCUT2D eigenvalue weighted by atomic mass is 19.1. The summed E-state index contributed by atoms with van der Waals surface area (Å²) in [6, 6.07) is 15.7. The Balaban J connectivity index is 1.62. The van der Waals surface area contributed by atoms with Gasteiger partial charge >= 0.3 is 6.03 Å². The molecule has 7 heteroatoms. The smallest absolute Gasteiger partial charge is 0.322 e. The maximum atomic E-state index is 13.9. The van der Waals surface area contributed by atoms with E-state index in [1.165, 1.54) is 6.07 Å². The van der Waals surface area contributed by atoms with Crippen LogP contribution in [0.25, 0.3) is 11.4 Å². The molecule has 0 spiro atoms. The highest BCUT2D eigenvalue weighted by Gasteiger charge is 2.27. The van der Waals surface area contributed by atoms with Crippen molar-refractivity contribution >= 4 is 17.5 Å². The molecular weight excluding hydrogens is 369 g/mol. The van der Waals surface area contributed by atoms with Crippen molar-refractivity contribution < 1.29 is 9.18 Å². The van der Waals surface area contributed by atoms with Crippen molar-refractivity contribution in [2.75, 3.05) is 30.9 Å². The quantitative estimate of drug-likeness (QED) is 0.735. The number of carbonyl (C=O) groups excluding carboxylic acids is 1. The molecule has 2 heterocycles. The molecule has 0 saturated carbocycles. The van der Waals surface area contributed by atoms with Crippen molar-refractivity contribution in [1.29, 1.82) is 0 Å². The standard InChI is InChI=1S/C22H22FN5O/c1-27(2)21-16-14-28(22(29)25-19-11-7-6-10-17(19)23)13-12-18(16)24-20(26-21)15-8-4-3-5-9-15/h3-11H,12-14H2,1-2H3,(H,25,29). The molecule has 6 nitrogen and oxygen atoms in total. The van der Waals surface area contributed by atoms with Gasteiger partial charge in [0, 0.05) is 38.2 Å². The fourth-order valence-corrected chi connectivity index (χ4v) is 3.41. The molecule has 0 fully saturated rings. The lowest BCUT2D eigenvalue weighted by atomic mass is 10.1. The molecule has 29 heavy (non-hydrogen) atoms. The molecule has 3 aromatic rings. The van der Waals surface area contributed by atoms with Crippen LogP contribution in [-0.4, -0.2) is 41.5 Å². The summed E-state index contributed by atoms with van der Waals surface area (Å²) < 4.78 is 13.9. The highest BCUT2D eigenvalue weighted by molar-refractivity contribution is 5.89. The van der Waals surface area contributed by atoms with E-state index in [-0.39, 0.29) is 11.7 Å². The normalized spacial score (nSPS) is 13.0. The van der Waals surface area contributed by atoms with Gasteiger partial charge in [-0.3, -0.25) is 0 Å². The largest absolute Gasteiger partial charge is 0.362 e. The van der Waals surface area contributed by atoms with Crippen LogP contribution in [0.4, 0.5) is 20.7 Å². The Morgan fingerprint density at radius 1 is 1.07 bits per heavy atom. The van der Waals surface area contributed by atoms with E-state index >= 15 is 0 Å². The van der Waals surface area contributed by atoms with Gasteiger partial charge < -0.3 is 15.1 Å². The number of fused-ring (bicyclic) bond motifs is 1. The molecule has 0 unspecified atom stereocenters. The predicted molar refractivity (Wildman–Crippen MR) is 111 cm³/mol. The predicted octanol–water partition coefficient (Wildman–Crippen LogP) is 3.94. The van der Waals surface area contributed by atoms with Crippen LogP contribution in [0.2, 0.25) is 0 Å². The minimum absolute atomic E-state index is 0.173. The van der Waals surface area contributed by atoms with E-state index in [1.54, 1.807) is 23.1 Å². The first-order valence-corrected chi connectivity index (χ1v) is 9.46. The summed E-state index contributed by atoms with van der Waals surface area (Å²) in [5.74, 6) is 1.01. The molecule has 0 radical (unpaired) electrons. The van der Waals surface area contributed by atoms with E-state index in [9.17, 15) is 9.18 Å². The zero-order valence-corrected chi connectivity index (χ0v) is 16.4. The topological polar surface area (TPSA) is 61.4 Å². The Kier molecular flexibility index (Phi) is 5.12. The molecular formula is C22H22FN5O. The maximum Gasteiger partial charge on any atom is 0.322 e. The fourth-order valence-electron chi connectivity index (χ4n) is 3.41. The van der Waals surface area contributed by atoms with Crippen molar-refractivity contribution in [2.45, 2.75) is 13.0 Å². The second-order valence-electron chi connectivity index (χ2n) is 7.14. The minimum atomic E-state index is -0.455. The number of benzene rings is 2. The summed E-state index contributed by atoms with van der Waals surface area (Å²) in [5.41, 5.74) is 2.99. The number of nitrogens with one attached hydrogen (secondary N) is 1. The maximum absolute atomic E-state index is 13.9. The number of carbonyl (C=O) groups is 1. The molecule has 2 amide bonds. The van der Waals surface area contributed by atoms with Crippen LogP contribution < -0.4 is 10.2 Å². The summed E-state index contributed by atoms with van der Waals surface area (Å²) in [6.45, 7) is 0.879. The third kappa shape index (κ3) is 3.89. The number of amides is 2. The SMILES string of the molecule is CN(C)c1nc(-c2ccccc2)nc2c1CN(C(=O)Nc1ccccc1F)CC2. The highest BCUT2D eigenvalue weighted by Crippen LogP contribution is 2.29. The van der Waals surface area contributed by atoms with Crippen LogP contribution in [0.1, 0.15) is 11.3 Å². The minimum Gasteiger partial charge on any atom is -0.362 e. The Morgan fingerprint density at radius 3 is 2.52 bits per heavy atom. The van der Waals surface area contributed by atoms with Crippen molar-refractivity contribution in [3.63, 3.8) is 0 Å². The molecule has 0 bridgehead atoms. The van der Waals surface area contributed by atoms with Gasteiger partial charge in [0.05, 0.1) is 17.9 Å². The average molecular weight is 391 g/mol. The van der Waals surface area contributed by atoms with E-state index in [1.807, 2.05) is 49.3 Å². The van der Waals surface area contributed by atoms with Gasteiger partial charge in [0.2, 0.25) is 0 Å². The average Bonchev–Trinajstić information content (AvgIpc) is 2.74. The summed E-state index contributed by atoms with van der Waals surface area (Å²) in [5, 5.41) is 2.65. The third-order valence-electron chi connectivity index (χ3n) is 4.90. The first kappa shape index (κ1) is 18.9. The Labute approximate surface area is 169 Å². The van der Waals surface area contributed by atoms with E-state index in [4.69, 9.17) is 9.97 Å². The summed E-state index contributed by atoms with van der Waals surface area (Å²) in [4.78, 5) is 25.8. The molecule has 2 aromatic carbocycles. The number of anilines is 2. The number of urea groups is 1. The van der Waals surface area contributed by atoms with Gasteiger partial charge in [-0.15, -0.1) is 0 Å². The second kappa shape index (κ2) is 7.87. The van der Waals surface area contributed by atoms with Crippen LogP contribution >= 0.6 is 0 Å². The fraction of sp³-hybridized carbons (Fsp3) is 0.227. The lowest BCUT2D eigenvalue weighted by molar-refractivity contribution is 0.206. The van der Waals surface area contributed by atoms with Gasteiger partial charge in [-0.1, -0.05) is 42.5 Å². The van der Waals surface area contributed by atoms with E-state index in [0.717, 1.165) is 22.6 Å². The molecule has 0 saturated heterocycles. The first-order valence-electron chi connectivity index (χ1n) is 9.46. The Hall–Kier alpha value is -3.48. The summed E-state index contributed by atoms with van der Waals surface area (Å²) in [6.07, 6.45) is 0.614. The van der Waals surface area contributed by atoms with Gasteiger partial charge in [-0.05, 0) is 12.1 Å². The molecule has 1 aliphatic heterocycles. The van der Waals surface area contributed by atoms with Crippen LogP contribution in [0.15, 0.2) is 54.6 Å². The molecule has 0 atom stereocenters. The number of hydrogen-bond donors (Lipinski definition) is 1. The molecule has 0 aliphatic carbocycles. The Morgan fingerprint density at radius 2 is 1.79 bits per heavy atom. The van der Waals surface area contributed by atoms with Crippen molar-refractivity contribution in [1.82, 2.24) is 14.9 Å². The van der Waals surface area contributed by atoms with E-state index in [2.05, 4.69) is 5.32 Å². The van der Waals surface area contributed by atoms with E-state index in [0.29, 0.717) is 25.3 Å². The van der Waals surface area contributed by atoms with Crippen LogP contribution in [0.5, 0.6) is 0 Å². The number of nitrogens with zero attached hydrogens (tertiary/aromatic N) is 4. The van der Waals surface area contributed by atoms with Crippen molar-refractivity contribution in [2.24, 2.45) is 0 Å². The molecule has 1 aromatic heterocycles. The van der Waals surface area contributed by atoms with Gasteiger partial charge in [0.25, 0.3) is 0 Å². The lowest BCUT2D eigenvalue weighted by Crippen LogP contribution is -2.40. The Bertz CT molecular complexity index is 1040. The zero-order valence-electron chi connectivity index (χ0n) is 16.4. The third-order valence-corrected chi connectivity index (χ3v) is 4.90. The lowest BCUT2D eigenvalue weighted by Gasteiger charge is -2.31. The van der Waals surface area contributed by atoms with Gasteiger partial charge in [-0.25, -0.2) is 19.2 Å². The molecule has 1 aliphatic rings. The number of rotatable bonds is 3. The van der Waals surface area contributed by atoms with Crippen molar-refractivity contribution in [3.05, 3.63) is 71.7 Å². The van der Waals surface area contributed by atoms with Crippen LogP contribution in [0.3, 0.4) is 0 Å². The van der Waals surface area contributed by atoms with Gasteiger partial charge in [0.15, 0.2) is 5.82 Å². The number of hydrogen-bond acceptors (Lipinski definition) is 4. The van der Waals surface area contributed by atoms with Crippen LogP contribution in [-0.2, 0) is 13.0 Å². The number of halogens is 1. The second-order valence-corrected chi connectivity index (χ2v) is 7.14. The van der Waals surface area contributed by atoms with Crippen molar-refractivity contribution in [3.8, 4) is 11.4 Å². The van der Waals surface area contributed by atoms with Gasteiger partial charge in [-0.2, -0.15) is 0 Å². The number of para-hydroxylation sites is 1. The summed E-state index contributed by atoms with van der Waals surface area (Å²) in [7, 11) is 3.85. The van der Waals surface area contributed by atoms with Gasteiger partial charge in [0.1, 0.15) is 11.6 Å². The monoisotopic (exact) mass is 391 g/mol. The summed E-state index contributed by atoms with van der Waals surface area (Å²) >= 11 is 0. The molecule has 148 valence electrons. The molecule has 4 rings (SSSR count). The first-order chi connectivity index (χ1) is 14.0. The van der Waals surface area contributed by atoms with Crippen LogP contribution in [0, 0.1) is 5.82 Å². The van der Waals surface area contributed by atoms with E-state index < -0.39 is 5.82 Å². The number of aromatic nitrogens is 2. The zero-order chi connectivity index (χ0) is 20.4. The molecule has 1 N–H and O–H groups in total.